The van der Waals surface area contributed by atoms with Crippen molar-refractivity contribution in [2.45, 2.75) is 52.5 Å². The molecule has 0 amide bonds. The van der Waals surface area contributed by atoms with Gasteiger partial charge in [0.25, 0.3) is 0 Å². The van der Waals surface area contributed by atoms with Gasteiger partial charge < -0.3 is 20.4 Å². The van der Waals surface area contributed by atoms with Crippen LogP contribution in [0.25, 0.3) is 0 Å². The van der Waals surface area contributed by atoms with Gasteiger partial charge in [0, 0.05) is 38.9 Å². The molecule has 0 unspecified atom stereocenters. The Morgan fingerprint density at radius 2 is 1.86 bits per heavy atom. The topological polar surface area (TPSA) is 55.8 Å². The number of anilines is 1. The van der Waals surface area contributed by atoms with Gasteiger partial charge in [-0.15, -0.1) is 24.0 Å². The largest absolute Gasteiger partial charge is 0.357 e. The van der Waals surface area contributed by atoms with Crippen LogP contribution in [0.2, 0.25) is 0 Å². The molecule has 0 aliphatic carbocycles. The fraction of sp³-hybridized carbons (Fsp3) is 0.727. The summed E-state index contributed by atoms with van der Waals surface area (Å²) in [4.78, 5) is 14.4. The van der Waals surface area contributed by atoms with Crippen LogP contribution in [0.15, 0.2) is 23.3 Å². The monoisotopic (exact) mass is 514 g/mol. The van der Waals surface area contributed by atoms with Crippen LogP contribution in [0.1, 0.15) is 51.5 Å². The summed E-state index contributed by atoms with van der Waals surface area (Å²) in [5, 5.41) is 6.82. The van der Waals surface area contributed by atoms with Gasteiger partial charge in [0.05, 0.1) is 6.54 Å². The third-order valence-electron chi connectivity index (χ3n) is 5.85. The Kier molecular flexibility index (Phi) is 11.1. The summed E-state index contributed by atoms with van der Waals surface area (Å²) in [7, 11) is 0. The summed E-state index contributed by atoms with van der Waals surface area (Å²) in [5.41, 5.74) is 1.15. The van der Waals surface area contributed by atoms with Crippen LogP contribution < -0.4 is 15.5 Å². The van der Waals surface area contributed by atoms with Crippen molar-refractivity contribution in [3.05, 3.63) is 23.9 Å². The van der Waals surface area contributed by atoms with Crippen LogP contribution in [0.3, 0.4) is 0 Å². The molecule has 7 heteroatoms. The highest BCUT2D eigenvalue weighted by Gasteiger charge is 2.16. The molecule has 29 heavy (non-hydrogen) atoms. The minimum atomic E-state index is 0. The van der Waals surface area contributed by atoms with Gasteiger partial charge in [-0.2, -0.15) is 0 Å². The van der Waals surface area contributed by atoms with Gasteiger partial charge in [-0.05, 0) is 63.2 Å². The highest BCUT2D eigenvalue weighted by molar-refractivity contribution is 14.0. The molecular formula is C22H39IN6. The smallest absolute Gasteiger partial charge is 0.191 e. The summed E-state index contributed by atoms with van der Waals surface area (Å²) >= 11 is 0. The molecule has 2 aliphatic heterocycles. The number of likely N-dealkylation sites (tertiary alicyclic amines) is 1. The standard InChI is InChI=1S/C22H38N6.HI/c1-3-23-22(24-11-16-27-12-5-4-6-13-27)26-18-20-7-8-21(25-17-20)28-14-9-19(2)10-15-28;/h7-8,17,19H,3-6,9-16,18H2,1-2H3,(H2,23,24,26);1H. The zero-order valence-electron chi connectivity index (χ0n) is 18.2. The lowest BCUT2D eigenvalue weighted by Gasteiger charge is -2.31. The molecule has 0 bridgehead atoms. The number of piperidine rings is 2. The Bertz CT molecular complexity index is 592. The summed E-state index contributed by atoms with van der Waals surface area (Å²) in [5.74, 6) is 2.84. The van der Waals surface area contributed by atoms with E-state index in [1.165, 1.54) is 45.2 Å². The van der Waals surface area contributed by atoms with Crippen LogP contribution in [-0.4, -0.2) is 61.7 Å². The highest BCUT2D eigenvalue weighted by atomic mass is 127. The maximum absolute atomic E-state index is 4.74. The molecule has 0 spiro atoms. The molecule has 1 aromatic heterocycles. The Morgan fingerprint density at radius 3 is 2.52 bits per heavy atom. The molecule has 0 radical (unpaired) electrons. The third-order valence-corrected chi connectivity index (χ3v) is 5.85. The SMILES string of the molecule is CCNC(=NCc1ccc(N2CCC(C)CC2)nc1)NCCN1CCCCC1.I. The number of aliphatic imine (C=N–C) groups is 1. The maximum atomic E-state index is 4.74. The van der Waals surface area contributed by atoms with Gasteiger partial charge >= 0.3 is 0 Å². The average molecular weight is 515 g/mol. The first-order valence-corrected chi connectivity index (χ1v) is 11.2. The van der Waals surface area contributed by atoms with E-state index < -0.39 is 0 Å². The molecule has 2 saturated heterocycles. The van der Waals surface area contributed by atoms with Crippen LogP contribution in [0, 0.1) is 5.92 Å². The molecule has 164 valence electrons. The molecule has 2 fully saturated rings. The Morgan fingerprint density at radius 1 is 1.10 bits per heavy atom. The van der Waals surface area contributed by atoms with Crippen molar-refractivity contribution in [3.8, 4) is 0 Å². The van der Waals surface area contributed by atoms with Crippen molar-refractivity contribution < 1.29 is 0 Å². The Hall–Kier alpha value is -1.09. The first-order chi connectivity index (χ1) is 13.7. The van der Waals surface area contributed by atoms with E-state index in [1.54, 1.807) is 0 Å². The summed E-state index contributed by atoms with van der Waals surface area (Å²) in [6.07, 6.45) is 8.58. The van der Waals surface area contributed by atoms with Crippen LogP contribution >= 0.6 is 24.0 Å². The molecule has 0 saturated carbocycles. The van der Waals surface area contributed by atoms with E-state index in [0.717, 1.165) is 56.0 Å². The lowest BCUT2D eigenvalue weighted by atomic mass is 9.99. The van der Waals surface area contributed by atoms with Crippen molar-refractivity contribution in [2.24, 2.45) is 10.9 Å². The first-order valence-electron chi connectivity index (χ1n) is 11.2. The molecule has 1 aromatic rings. The van der Waals surface area contributed by atoms with Gasteiger partial charge in [-0.1, -0.05) is 19.4 Å². The number of pyridine rings is 1. The van der Waals surface area contributed by atoms with Crippen LogP contribution in [0.5, 0.6) is 0 Å². The van der Waals surface area contributed by atoms with Gasteiger partial charge in [-0.3, -0.25) is 0 Å². The van der Waals surface area contributed by atoms with E-state index >= 15 is 0 Å². The number of guanidine groups is 1. The zero-order valence-corrected chi connectivity index (χ0v) is 20.5. The Balaban J connectivity index is 0.00000300. The van der Waals surface area contributed by atoms with Crippen LogP contribution in [0.4, 0.5) is 5.82 Å². The van der Waals surface area contributed by atoms with E-state index in [0.29, 0.717) is 6.54 Å². The number of hydrogen-bond donors (Lipinski definition) is 2. The van der Waals surface area contributed by atoms with Crippen molar-refractivity contribution in [2.75, 3.05) is 50.7 Å². The van der Waals surface area contributed by atoms with Gasteiger partial charge in [0.2, 0.25) is 0 Å². The average Bonchev–Trinajstić information content (AvgIpc) is 2.74. The van der Waals surface area contributed by atoms with E-state index in [4.69, 9.17) is 4.99 Å². The maximum Gasteiger partial charge on any atom is 0.191 e. The number of aromatic nitrogens is 1. The van der Waals surface area contributed by atoms with Crippen molar-refractivity contribution >= 4 is 35.8 Å². The van der Waals surface area contributed by atoms with Gasteiger partial charge in [0.15, 0.2) is 5.96 Å². The molecule has 0 atom stereocenters. The fourth-order valence-corrected chi connectivity index (χ4v) is 3.96. The van der Waals surface area contributed by atoms with E-state index in [1.807, 2.05) is 6.20 Å². The molecule has 6 nitrogen and oxygen atoms in total. The van der Waals surface area contributed by atoms with Gasteiger partial charge in [-0.25, -0.2) is 9.98 Å². The number of rotatable bonds is 7. The number of halogens is 1. The number of hydrogen-bond acceptors (Lipinski definition) is 4. The second-order valence-electron chi connectivity index (χ2n) is 8.22. The zero-order chi connectivity index (χ0) is 19.6. The molecule has 3 rings (SSSR count). The van der Waals surface area contributed by atoms with Gasteiger partial charge in [0.1, 0.15) is 5.82 Å². The van der Waals surface area contributed by atoms with E-state index in [2.05, 4.69) is 51.4 Å². The number of nitrogens with zero attached hydrogens (tertiary/aromatic N) is 4. The first kappa shape index (κ1) is 24.2. The fourth-order valence-electron chi connectivity index (χ4n) is 3.96. The second kappa shape index (κ2) is 13.3. The minimum Gasteiger partial charge on any atom is -0.357 e. The molecule has 3 heterocycles. The summed E-state index contributed by atoms with van der Waals surface area (Å²) in [6.45, 7) is 12.7. The third kappa shape index (κ3) is 8.28. The van der Waals surface area contributed by atoms with E-state index in [9.17, 15) is 0 Å². The van der Waals surface area contributed by atoms with E-state index in [-0.39, 0.29) is 24.0 Å². The molecule has 2 N–H and O–H groups in total. The minimum absolute atomic E-state index is 0. The Labute approximate surface area is 194 Å². The quantitative estimate of drug-likeness (QED) is 0.332. The van der Waals surface area contributed by atoms with Crippen molar-refractivity contribution in [1.82, 2.24) is 20.5 Å². The summed E-state index contributed by atoms with van der Waals surface area (Å²) < 4.78 is 0. The van der Waals surface area contributed by atoms with Crippen molar-refractivity contribution in [3.63, 3.8) is 0 Å². The highest BCUT2D eigenvalue weighted by Crippen LogP contribution is 2.21. The second-order valence-corrected chi connectivity index (χ2v) is 8.22. The molecule has 2 aliphatic rings. The predicted octanol–water partition coefficient (Wildman–Crippen LogP) is 3.48. The molecular weight excluding hydrogens is 475 g/mol. The summed E-state index contributed by atoms with van der Waals surface area (Å²) in [6, 6.07) is 4.32. The lowest BCUT2D eigenvalue weighted by molar-refractivity contribution is 0.232. The lowest BCUT2D eigenvalue weighted by Crippen LogP contribution is -2.42. The van der Waals surface area contributed by atoms with Crippen LogP contribution in [-0.2, 0) is 6.54 Å². The van der Waals surface area contributed by atoms with Crippen molar-refractivity contribution in [1.29, 1.82) is 0 Å². The number of nitrogens with one attached hydrogen (secondary N) is 2. The predicted molar refractivity (Wildman–Crippen MR) is 133 cm³/mol. The molecule has 0 aromatic carbocycles. The normalized spacial score (nSPS) is 19.0.